The first-order chi connectivity index (χ1) is 7.58. The third kappa shape index (κ3) is 1.86. The van der Waals surface area contributed by atoms with Crippen molar-refractivity contribution in [2.24, 2.45) is 11.7 Å². The highest BCUT2D eigenvalue weighted by atomic mass is 15.3. The van der Waals surface area contributed by atoms with Crippen LogP contribution in [0.1, 0.15) is 45.3 Å². The first-order valence-corrected chi connectivity index (χ1v) is 6.21. The molecular weight excluding hydrogens is 200 g/mol. The molecule has 90 valence electrons. The van der Waals surface area contributed by atoms with Crippen LogP contribution in [-0.2, 0) is 18.4 Å². The fraction of sp³-hybridized carbons (Fsp3) is 0.833. The Morgan fingerprint density at radius 2 is 2.19 bits per heavy atom. The zero-order chi connectivity index (χ0) is 11.8. The second kappa shape index (κ2) is 4.17. The van der Waals surface area contributed by atoms with Crippen molar-refractivity contribution in [1.82, 2.24) is 14.8 Å². The molecule has 2 rings (SSSR count). The molecule has 0 saturated carbocycles. The highest BCUT2D eigenvalue weighted by molar-refractivity contribution is 5.09. The van der Waals surface area contributed by atoms with Crippen LogP contribution in [0.15, 0.2) is 0 Å². The maximum absolute atomic E-state index is 5.77. The van der Waals surface area contributed by atoms with Gasteiger partial charge in [-0.25, -0.2) is 0 Å². The molecule has 16 heavy (non-hydrogen) atoms. The molecule has 4 nitrogen and oxygen atoms in total. The van der Waals surface area contributed by atoms with Gasteiger partial charge in [-0.15, -0.1) is 10.2 Å². The molecule has 1 aromatic rings. The normalized spacial score (nSPS) is 20.9. The number of hydrogen-bond acceptors (Lipinski definition) is 3. The molecule has 0 saturated heterocycles. The van der Waals surface area contributed by atoms with E-state index in [9.17, 15) is 0 Å². The molecule has 0 amide bonds. The van der Waals surface area contributed by atoms with Gasteiger partial charge in [0.05, 0.1) is 0 Å². The van der Waals surface area contributed by atoms with Crippen LogP contribution in [0, 0.1) is 5.92 Å². The largest absolute Gasteiger partial charge is 0.330 e. The van der Waals surface area contributed by atoms with Crippen LogP contribution in [0.3, 0.4) is 0 Å². The van der Waals surface area contributed by atoms with Crippen LogP contribution in [0.4, 0.5) is 0 Å². The van der Waals surface area contributed by atoms with Crippen LogP contribution in [0.5, 0.6) is 0 Å². The van der Waals surface area contributed by atoms with Gasteiger partial charge in [-0.1, -0.05) is 20.8 Å². The Morgan fingerprint density at radius 3 is 2.81 bits per heavy atom. The fourth-order valence-electron chi connectivity index (χ4n) is 2.25. The van der Waals surface area contributed by atoms with Gasteiger partial charge in [0.15, 0.2) is 0 Å². The molecule has 0 spiro atoms. The number of nitrogens with two attached hydrogens (primary N) is 1. The summed E-state index contributed by atoms with van der Waals surface area (Å²) in [7, 11) is 0. The Labute approximate surface area is 97.2 Å². The average molecular weight is 222 g/mol. The van der Waals surface area contributed by atoms with E-state index in [0.29, 0.717) is 5.92 Å². The van der Waals surface area contributed by atoms with Gasteiger partial charge < -0.3 is 10.3 Å². The summed E-state index contributed by atoms with van der Waals surface area (Å²) in [6.45, 7) is 8.43. The standard InChI is InChI=1S/C12H22N4/c1-4-12(2,3)11-15-14-10-6-5-9(7-13)8-16(10)11/h9H,4-8,13H2,1-3H3. The summed E-state index contributed by atoms with van der Waals surface area (Å²) in [5, 5.41) is 8.69. The van der Waals surface area contributed by atoms with Crippen molar-refractivity contribution in [2.45, 2.75) is 52.0 Å². The minimum atomic E-state index is 0.113. The molecule has 0 bridgehead atoms. The van der Waals surface area contributed by atoms with Crippen molar-refractivity contribution in [3.63, 3.8) is 0 Å². The summed E-state index contributed by atoms with van der Waals surface area (Å²) in [6.07, 6.45) is 3.26. The Morgan fingerprint density at radius 1 is 1.44 bits per heavy atom. The van der Waals surface area contributed by atoms with E-state index in [1.807, 2.05) is 0 Å². The molecule has 1 aliphatic heterocycles. The molecule has 4 heteroatoms. The number of aromatic nitrogens is 3. The summed E-state index contributed by atoms with van der Waals surface area (Å²) in [4.78, 5) is 0. The summed E-state index contributed by atoms with van der Waals surface area (Å²) >= 11 is 0. The average Bonchev–Trinajstić information content (AvgIpc) is 2.72. The molecule has 0 aliphatic carbocycles. The maximum Gasteiger partial charge on any atom is 0.138 e. The van der Waals surface area contributed by atoms with Crippen molar-refractivity contribution in [1.29, 1.82) is 0 Å². The third-order valence-electron chi connectivity index (χ3n) is 3.87. The minimum absolute atomic E-state index is 0.113. The summed E-state index contributed by atoms with van der Waals surface area (Å²) in [5.74, 6) is 2.86. The lowest BCUT2D eigenvalue weighted by Crippen LogP contribution is -2.30. The molecule has 0 aromatic carbocycles. The lowest BCUT2D eigenvalue weighted by Gasteiger charge is -2.28. The lowest BCUT2D eigenvalue weighted by molar-refractivity contribution is 0.344. The predicted molar refractivity (Wildman–Crippen MR) is 64.2 cm³/mol. The van der Waals surface area contributed by atoms with Crippen LogP contribution in [0.2, 0.25) is 0 Å². The van der Waals surface area contributed by atoms with Crippen molar-refractivity contribution in [3.8, 4) is 0 Å². The van der Waals surface area contributed by atoms with Crippen molar-refractivity contribution in [2.75, 3.05) is 6.54 Å². The maximum atomic E-state index is 5.77. The van der Waals surface area contributed by atoms with Gasteiger partial charge in [0, 0.05) is 18.4 Å². The van der Waals surface area contributed by atoms with E-state index in [1.165, 1.54) is 0 Å². The second-order valence-electron chi connectivity index (χ2n) is 5.43. The first-order valence-electron chi connectivity index (χ1n) is 6.21. The quantitative estimate of drug-likeness (QED) is 0.843. The Balaban J connectivity index is 2.33. The first kappa shape index (κ1) is 11.6. The van der Waals surface area contributed by atoms with Crippen molar-refractivity contribution < 1.29 is 0 Å². The van der Waals surface area contributed by atoms with Crippen LogP contribution < -0.4 is 5.73 Å². The van der Waals surface area contributed by atoms with E-state index >= 15 is 0 Å². The topological polar surface area (TPSA) is 56.7 Å². The molecule has 1 aromatic heterocycles. The molecule has 0 radical (unpaired) electrons. The predicted octanol–water partition coefficient (Wildman–Crippen LogP) is 1.49. The monoisotopic (exact) mass is 222 g/mol. The van der Waals surface area contributed by atoms with E-state index in [-0.39, 0.29) is 5.41 Å². The van der Waals surface area contributed by atoms with Gasteiger partial charge in [0.1, 0.15) is 11.6 Å². The number of nitrogens with zero attached hydrogens (tertiary/aromatic N) is 3. The Kier molecular flexibility index (Phi) is 3.02. The third-order valence-corrected chi connectivity index (χ3v) is 3.87. The Bertz CT molecular complexity index is 367. The number of hydrogen-bond donors (Lipinski definition) is 1. The number of aryl methyl sites for hydroxylation is 1. The van der Waals surface area contributed by atoms with Gasteiger partial charge in [-0.05, 0) is 25.3 Å². The second-order valence-corrected chi connectivity index (χ2v) is 5.43. The van der Waals surface area contributed by atoms with Gasteiger partial charge >= 0.3 is 0 Å². The van der Waals surface area contributed by atoms with Crippen LogP contribution in [0.25, 0.3) is 0 Å². The zero-order valence-corrected chi connectivity index (χ0v) is 10.5. The van der Waals surface area contributed by atoms with Crippen molar-refractivity contribution >= 4 is 0 Å². The summed E-state index contributed by atoms with van der Waals surface area (Å²) < 4.78 is 2.30. The molecule has 1 unspecified atom stereocenters. The van der Waals surface area contributed by atoms with E-state index in [4.69, 9.17) is 5.73 Å². The summed E-state index contributed by atoms with van der Waals surface area (Å²) in [5.41, 5.74) is 5.88. The molecular formula is C12H22N4. The van der Waals surface area contributed by atoms with Gasteiger partial charge in [0.2, 0.25) is 0 Å². The van der Waals surface area contributed by atoms with Gasteiger partial charge in [0.25, 0.3) is 0 Å². The van der Waals surface area contributed by atoms with Gasteiger partial charge in [-0.2, -0.15) is 0 Å². The highest BCUT2D eigenvalue weighted by Crippen LogP contribution is 2.29. The zero-order valence-electron chi connectivity index (χ0n) is 10.5. The van der Waals surface area contributed by atoms with Gasteiger partial charge in [-0.3, -0.25) is 0 Å². The lowest BCUT2D eigenvalue weighted by atomic mass is 9.88. The molecule has 0 fully saturated rings. The van der Waals surface area contributed by atoms with E-state index in [0.717, 1.165) is 44.0 Å². The fourth-order valence-corrected chi connectivity index (χ4v) is 2.25. The SMILES string of the molecule is CCC(C)(C)c1nnc2n1CC(CN)CC2. The van der Waals surface area contributed by atoms with Crippen molar-refractivity contribution in [3.05, 3.63) is 11.6 Å². The van der Waals surface area contributed by atoms with E-state index in [1.54, 1.807) is 0 Å². The van der Waals surface area contributed by atoms with E-state index < -0.39 is 0 Å². The minimum Gasteiger partial charge on any atom is -0.330 e. The van der Waals surface area contributed by atoms with Crippen LogP contribution >= 0.6 is 0 Å². The van der Waals surface area contributed by atoms with E-state index in [2.05, 4.69) is 35.5 Å². The number of rotatable bonds is 3. The smallest absolute Gasteiger partial charge is 0.138 e. The highest BCUT2D eigenvalue weighted by Gasteiger charge is 2.29. The van der Waals surface area contributed by atoms with Crippen LogP contribution in [-0.4, -0.2) is 21.3 Å². The number of fused-ring (bicyclic) bond motifs is 1. The summed E-state index contributed by atoms with van der Waals surface area (Å²) in [6, 6.07) is 0. The molecule has 2 heterocycles. The Hall–Kier alpha value is -0.900. The molecule has 2 N–H and O–H groups in total. The molecule has 1 atom stereocenters. The molecule has 1 aliphatic rings.